The van der Waals surface area contributed by atoms with Crippen LogP contribution in [0.4, 0.5) is 10.1 Å². The molecule has 6 nitrogen and oxygen atoms in total. The number of anilines is 1. The average Bonchev–Trinajstić information content (AvgIpc) is 3.11. The zero-order valence-electron chi connectivity index (χ0n) is 15.8. The fourth-order valence-corrected chi connectivity index (χ4v) is 4.05. The Balaban J connectivity index is 1.65. The third-order valence-corrected chi connectivity index (χ3v) is 5.84. The fourth-order valence-electron chi connectivity index (χ4n) is 2.99. The Hall–Kier alpha value is -3.39. The van der Waals surface area contributed by atoms with E-state index < -0.39 is 15.8 Å². The summed E-state index contributed by atoms with van der Waals surface area (Å²) >= 11 is 0. The van der Waals surface area contributed by atoms with E-state index in [4.69, 9.17) is 4.74 Å². The van der Waals surface area contributed by atoms with Crippen molar-refractivity contribution in [2.75, 3.05) is 11.8 Å². The molecule has 4 aromatic rings. The van der Waals surface area contributed by atoms with Gasteiger partial charge in [0, 0.05) is 23.6 Å². The van der Waals surface area contributed by atoms with Gasteiger partial charge in [0.15, 0.2) is 11.6 Å². The Kier molecular flexibility index (Phi) is 4.71. The van der Waals surface area contributed by atoms with E-state index in [2.05, 4.69) is 9.71 Å². The second-order valence-corrected chi connectivity index (χ2v) is 8.26. The van der Waals surface area contributed by atoms with Crippen LogP contribution in [0, 0.1) is 12.7 Å². The Labute approximate surface area is 167 Å². The van der Waals surface area contributed by atoms with Crippen molar-refractivity contribution in [2.24, 2.45) is 0 Å². The summed E-state index contributed by atoms with van der Waals surface area (Å²) in [4.78, 5) is 4.40. The van der Waals surface area contributed by atoms with E-state index in [1.54, 1.807) is 18.2 Å². The molecule has 8 heteroatoms. The predicted molar refractivity (Wildman–Crippen MR) is 109 cm³/mol. The van der Waals surface area contributed by atoms with Crippen LogP contribution in [0.3, 0.4) is 0 Å². The highest BCUT2D eigenvalue weighted by Crippen LogP contribution is 2.26. The molecule has 2 aromatic heterocycles. The Morgan fingerprint density at radius 2 is 1.93 bits per heavy atom. The number of nitrogens with zero attached hydrogens (tertiary/aromatic N) is 2. The molecule has 0 aliphatic carbocycles. The lowest BCUT2D eigenvalue weighted by Gasteiger charge is -2.10. The van der Waals surface area contributed by atoms with E-state index in [0.29, 0.717) is 11.4 Å². The summed E-state index contributed by atoms with van der Waals surface area (Å²) < 4.78 is 48.4. The highest BCUT2D eigenvalue weighted by atomic mass is 32.2. The van der Waals surface area contributed by atoms with Crippen LogP contribution < -0.4 is 9.46 Å². The van der Waals surface area contributed by atoms with Crippen molar-refractivity contribution in [3.63, 3.8) is 0 Å². The summed E-state index contributed by atoms with van der Waals surface area (Å²) in [5.41, 5.74) is 3.73. The first-order chi connectivity index (χ1) is 13.9. The molecule has 0 radical (unpaired) electrons. The highest BCUT2D eigenvalue weighted by Gasteiger charge is 2.17. The molecule has 0 unspecified atom stereocenters. The second-order valence-electron chi connectivity index (χ2n) is 6.58. The van der Waals surface area contributed by atoms with Gasteiger partial charge in [-0.1, -0.05) is 12.1 Å². The Morgan fingerprint density at radius 3 is 2.69 bits per heavy atom. The molecule has 1 N–H and O–H groups in total. The van der Waals surface area contributed by atoms with Gasteiger partial charge >= 0.3 is 0 Å². The van der Waals surface area contributed by atoms with Gasteiger partial charge < -0.3 is 9.14 Å². The summed E-state index contributed by atoms with van der Waals surface area (Å²) in [6, 6.07) is 14.3. The van der Waals surface area contributed by atoms with Crippen LogP contribution in [0.15, 0.2) is 71.9 Å². The zero-order chi connectivity index (χ0) is 20.6. The third-order valence-electron chi connectivity index (χ3n) is 4.46. The van der Waals surface area contributed by atoms with Crippen LogP contribution in [0.2, 0.25) is 0 Å². The average molecular weight is 411 g/mol. The number of hydrogen-bond acceptors (Lipinski definition) is 4. The normalized spacial score (nSPS) is 11.6. The van der Waals surface area contributed by atoms with Crippen LogP contribution in [-0.4, -0.2) is 24.9 Å². The smallest absolute Gasteiger partial charge is 0.262 e. The van der Waals surface area contributed by atoms with Gasteiger partial charge in [-0.05, 0) is 55.0 Å². The Morgan fingerprint density at radius 1 is 1.10 bits per heavy atom. The number of sulfonamides is 1. The van der Waals surface area contributed by atoms with Crippen molar-refractivity contribution in [2.45, 2.75) is 11.8 Å². The SMILES string of the molecule is COc1ccc(S(=O)(=O)Nc2cccc(-c3cn4ccc(C)cc4n3)c2)cc1F. The molecule has 0 atom stereocenters. The van der Waals surface area contributed by atoms with E-state index in [-0.39, 0.29) is 10.6 Å². The number of imidazole rings is 1. The number of ether oxygens (including phenoxy) is 1. The minimum Gasteiger partial charge on any atom is -0.494 e. The number of halogens is 1. The van der Waals surface area contributed by atoms with Gasteiger partial charge in [-0.15, -0.1) is 0 Å². The number of rotatable bonds is 5. The molecule has 0 spiro atoms. The molecule has 0 aliphatic rings. The topological polar surface area (TPSA) is 72.7 Å². The molecule has 0 saturated carbocycles. The third kappa shape index (κ3) is 3.79. The summed E-state index contributed by atoms with van der Waals surface area (Å²) in [6.45, 7) is 1.99. The number of fused-ring (bicyclic) bond motifs is 1. The highest BCUT2D eigenvalue weighted by molar-refractivity contribution is 7.92. The van der Waals surface area contributed by atoms with Gasteiger partial charge in [-0.2, -0.15) is 0 Å². The Bertz CT molecular complexity index is 1320. The lowest BCUT2D eigenvalue weighted by atomic mass is 10.1. The summed E-state index contributed by atoms with van der Waals surface area (Å²) in [5, 5.41) is 0. The number of methoxy groups -OCH3 is 1. The van der Waals surface area contributed by atoms with Crippen LogP contribution in [0.1, 0.15) is 5.56 Å². The number of aromatic nitrogens is 2. The first kappa shape index (κ1) is 18.9. The number of aryl methyl sites for hydroxylation is 1. The van der Waals surface area contributed by atoms with Crippen molar-refractivity contribution in [3.8, 4) is 17.0 Å². The fraction of sp³-hybridized carbons (Fsp3) is 0.0952. The van der Waals surface area contributed by atoms with Crippen molar-refractivity contribution in [3.05, 3.63) is 78.4 Å². The number of hydrogen-bond donors (Lipinski definition) is 1. The minimum atomic E-state index is -3.96. The lowest BCUT2D eigenvalue weighted by Crippen LogP contribution is -2.13. The molecule has 2 heterocycles. The van der Waals surface area contributed by atoms with Gasteiger partial charge in [-0.3, -0.25) is 4.72 Å². The molecular weight excluding hydrogens is 393 g/mol. The van der Waals surface area contributed by atoms with E-state index in [0.717, 1.165) is 22.8 Å². The van der Waals surface area contributed by atoms with Crippen LogP contribution in [-0.2, 0) is 10.0 Å². The maximum absolute atomic E-state index is 13.9. The van der Waals surface area contributed by atoms with Crippen molar-refractivity contribution < 1.29 is 17.5 Å². The largest absolute Gasteiger partial charge is 0.494 e. The summed E-state index contributed by atoms with van der Waals surface area (Å²) in [6.07, 6.45) is 3.80. The maximum Gasteiger partial charge on any atom is 0.262 e. The zero-order valence-corrected chi connectivity index (χ0v) is 16.6. The van der Waals surface area contributed by atoms with Crippen molar-refractivity contribution >= 4 is 21.4 Å². The van der Waals surface area contributed by atoms with Crippen LogP contribution in [0.25, 0.3) is 16.9 Å². The van der Waals surface area contributed by atoms with E-state index in [9.17, 15) is 12.8 Å². The van der Waals surface area contributed by atoms with Crippen LogP contribution >= 0.6 is 0 Å². The lowest BCUT2D eigenvalue weighted by molar-refractivity contribution is 0.385. The molecule has 0 saturated heterocycles. The standard InChI is InChI=1S/C21H18FN3O3S/c1-14-8-9-25-13-19(23-21(25)10-14)15-4-3-5-16(11-15)24-29(26,27)17-6-7-20(28-2)18(22)12-17/h3-13,24H,1-2H3. The van der Waals surface area contributed by atoms with Gasteiger partial charge in [0.1, 0.15) is 5.65 Å². The molecular formula is C21H18FN3O3S. The van der Waals surface area contributed by atoms with Crippen molar-refractivity contribution in [1.82, 2.24) is 9.38 Å². The number of pyridine rings is 1. The first-order valence-corrected chi connectivity index (χ1v) is 10.3. The molecule has 0 fully saturated rings. The van der Waals surface area contributed by atoms with Gasteiger partial charge in [0.05, 0.1) is 17.7 Å². The van der Waals surface area contributed by atoms with Crippen LogP contribution in [0.5, 0.6) is 5.75 Å². The molecule has 4 rings (SSSR count). The summed E-state index contributed by atoms with van der Waals surface area (Å²) in [5.74, 6) is -0.767. The quantitative estimate of drug-likeness (QED) is 0.533. The monoisotopic (exact) mass is 411 g/mol. The number of benzene rings is 2. The maximum atomic E-state index is 13.9. The molecule has 0 amide bonds. The van der Waals surface area contributed by atoms with E-state index in [1.807, 2.05) is 41.9 Å². The molecule has 0 bridgehead atoms. The van der Waals surface area contributed by atoms with E-state index in [1.165, 1.54) is 19.2 Å². The summed E-state index contributed by atoms with van der Waals surface area (Å²) in [7, 11) is -2.64. The molecule has 148 valence electrons. The van der Waals surface area contributed by atoms with Crippen molar-refractivity contribution in [1.29, 1.82) is 0 Å². The molecule has 29 heavy (non-hydrogen) atoms. The second kappa shape index (κ2) is 7.21. The predicted octanol–water partition coefficient (Wildman–Crippen LogP) is 4.26. The molecule has 0 aliphatic heterocycles. The minimum absolute atomic E-state index is 0.0203. The van der Waals surface area contributed by atoms with Gasteiger partial charge in [-0.25, -0.2) is 17.8 Å². The van der Waals surface area contributed by atoms with E-state index >= 15 is 0 Å². The first-order valence-electron chi connectivity index (χ1n) is 8.78. The van der Waals surface area contributed by atoms with Gasteiger partial charge in [0.25, 0.3) is 10.0 Å². The molecule has 2 aromatic carbocycles. The van der Waals surface area contributed by atoms with Gasteiger partial charge in [0.2, 0.25) is 0 Å². The number of nitrogens with one attached hydrogen (secondary N) is 1.